The summed E-state index contributed by atoms with van der Waals surface area (Å²) in [5.41, 5.74) is 2.80. The fourth-order valence-corrected chi connectivity index (χ4v) is 3.34. The van der Waals surface area contributed by atoms with Crippen molar-refractivity contribution in [2.45, 2.75) is 6.42 Å². The smallest absolute Gasteiger partial charge is 0.253 e. The summed E-state index contributed by atoms with van der Waals surface area (Å²) >= 11 is 0. The Morgan fingerprint density at radius 1 is 1.33 bits per heavy atom. The first-order valence-corrected chi connectivity index (χ1v) is 8.60. The van der Waals surface area contributed by atoms with E-state index in [0.29, 0.717) is 29.3 Å². The number of amides is 1. The Hall–Kier alpha value is -3.16. The first-order valence-electron chi connectivity index (χ1n) is 8.60. The van der Waals surface area contributed by atoms with Gasteiger partial charge in [0.1, 0.15) is 24.7 Å². The van der Waals surface area contributed by atoms with Gasteiger partial charge < -0.3 is 19.9 Å². The maximum Gasteiger partial charge on any atom is 0.253 e. The van der Waals surface area contributed by atoms with E-state index in [9.17, 15) is 13.6 Å². The van der Waals surface area contributed by atoms with Gasteiger partial charge in [0.05, 0.1) is 5.56 Å². The second-order valence-corrected chi connectivity index (χ2v) is 6.26. The van der Waals surface area contributed by atoms with Crippen LogP contribution in [0.3, 0.4) is 0 Å². The van der Waals surface area contributed by atoms with Crippen LogP contribution in [0, 0.1) is 5.82 Å². The molecule has 140 valence electrons. The number of nitrogens with zero attached hydrogens (tertiary/aromatic N) is 2. The van der Waals surface area contributed by atoms with Crippen molar-refractivity contribution in [3.05, 3.63) is 47.4 Å². The van der Waals surface area contributed by atoms with Crippen LogP contribution < -0.4 is 15.4 Å². The number of halogens is 2. The van der Waals surface area contributed by atoms with Gasteiger partial charge in [-0.2, -0.15) is 0 Å². The van der Waals surface area contributed by atoms with Crippen molar-refractivity contribution in [1.29, 1.82) is 0 Å². The minimum absolute atomic E-state index is 0.00253. The largest absolute Gasteiger partial charge is 0.488 e. The van der Waals surface area contributed by atoms with Crippen LogP contribution in [0.2, 0.25) is 0 Å². The van der Waals surface area contributed by atoms with Crippen LogP contribution in [0.1, 0.15) is 16.1 Å². The molecule has 6 nitrogen and oxygen atoms in total. The van der Waals surface area contributed by atoms with Gasteiger partial charge in [0.25, 0.3) is 5.91 Å². The Labute approximate surface area is 154 Å². The van der Waals surface area contributed by atoms with E-state index in [4.69, 9.17) is 4.74 Å². The lowest BCUT2D eigenvalue weighted by Gasteiger charge is -2.13. The highest BCUT2D eigenvalue weighted by Crippen LogP contribution is 2.29. The number of fused-ring (bicyclic) bond motifs is 3. The number of pyridine rings is 1. The quantitative estimate of drug-likeness (QED) is 0.722. The van der Waals surface area contributed by atoms with Gasteiger partial charge in [-0.25, -0.2) is 13.8 Å². The van der Waals surface area contributed by atoms with E-state index < -0.39 is 12.5 Å². The fraction of sp³-hybridized carbons (Fsp3) is 0.263. The van der Waals surface area contributed by atoms with E-state index in [0.717, 1.165) is 17.5 Å². The Bertz CT molecular complexity index is 1030. The maximum absolute atomic E-state index is 14.0. The zero-order valence-electron chi connectivity index (χ0n) is 14.7. The molecule has 0 unspecified atom stereocenters. The summed E-state index contributed by atoms with van der Waals surface area (Å²) in [5, 5.41) is 6.68. The lowest BCUT2D eigenvalue weighted by Crippen LogP contribution is -2.32. The molecule has 2 aromatic heterocycles. The van der Waals surface area contributed by atoms with Gasteiger partial charge in [-0.3, -0.25) is 4.79 Å². The highest BCUT2D eigenvalue weighted by Gasteiger charge is 2.25. The molecule has 8 heteroatoms. The summed E-state index contributed by atoms with van der Waals surface area (Å²) in [4.78, 5) is 16.8. The van der Waals surface area contributed by atoms with Crippen molar-refractivity contribution in [3.8, 4) is 5.75 Å². The van der Waals surface area contributed by atoms with Gasteiger partial charge in [-0.05, 0) is 24.3 Å². The molecule has 0 saturated heterocycles. The Morgan fingerprint density at radius 3 is 2.96 bits per heavy atom. The average molecular weight is 372 g/mol. The predicted octanol–water partition coefficient (Wildman–Crippen LogP) is 3.09. The summed E-state index contributed by atoms with van der Waals surface area (Å²) in [6, 6.07) is 7.92. The van der Waals surface area contributed by atoms with Gasteiger partial charge in [-0.1, -0.05) is 0 Å². The van der Waals surface area contributed by atoms with E-state index in [2.05, 4.69) is 15.6 Å². The van der Waals surface area contributed by atoms with Crippen molar-refractivity contribution in [3.63, 3.8) is 0 Å². The SMILES string of the molecule is Cn1c2c(c3ccc(Nc4ccc(OCCF)c(F)c4)nc31)C(=O)NCC2. The van der Waals surface area contributed by atoms with Crippen LogP contribution >= 0.6 is 0 Å². The number of aryl methyl sites for hydroxylation is 1. The van der Waals surface area contributed by atoms with E-state index in [1.165, 1.54) is 12.1 Å². The third-order valence-electron chi connectivity index (χ3n) is 4.57. The molecule has 1 aromatic carbocycles. The molecule has 3 heterocycles. The van der Waals surface area contributed by atoms with Gasteiger partial charge in [0.2, 0.25) is 0 Å². The van der Waals surface area contributed by atoms with Crippen LogP contribution in [0.25, 0.3) is 11.0 Å². The number of rotatable bonds is 5. The summed E-state index contributed by atoms with van der Waals surface area (Å²) in [6.45, 7) is -0.257. The summed E-state index contributed by atoms with van der Waals surface area (Å²) < 4.78 is 33.1. The van der Waals surface area contributed by atoms with Crippen LogP contribution in [0.15, 0.2) is 30.3 Å². The number of aromatic nitrogens is 2. The summed E-state index contributed by atoms with van der Waals surface area (Å²) in [6.07, 6.45) is 0.752. The summed E-state index contributed by atoms with van der Waals surface area (Å²) in [5.74, 6) is -0.142. The average Bonchev–Trinajstić information content (AvgIpc) is 2.95. The van der Waals surface area contributed by atoms with Crippen molar-refractivity contribution < 1.29 is 18.3 Å². The molecular weight excluding hydrogens is 354 g/mol. The zero-order chi connectivity index (χ0) is 19.0. The van der Waals surface area contributed by atoms with E-state index >= 15 is 0 Å². The number of hydrogen-bond donors (Lipinski definition) is 2. The van der Waals surface area contributed by atoms with Crippen molar-refractivity contribution in [1.82, 2.24) is 14.9 Å². The van der Waals surface area contributed by atoms with Crippen molar-refractivity contribution >= 4 is 28.4 Å². The van der Waals surface area contributed by atoms with Crippen LogP contribution in [0.5, 0.6) is 5.75 Å². The van der Waals surface area contributed by atoms with Crippen LogP contribution in [0.4, 0.5) is 20.3 Å². The van der Waals surface area contributed by atoms with Gasteiger partial charge in [0, 0.05) is 42.8 Å². The topological polar surface area (TPSA) is 68.2 Å². The fourth-order valence-electron chi connectivity index (χ4n) is 3.34. The van der Waals surface area contributed by atoms with Gasteiger partial charge in [0.15, 0.2) is 11.6 Å². The number of ether oxygens (including phenoxy) is 1. The molecule has 2 N–H and O–H groups in total. The molecule has 0 aliphatic carbocycles. The van der Waals surface area contributed by atoms with E-state index in [1.807, 2.05) is 17.7 Å². The number of nitrogens with one attached hydrogen (secondary N) is 2. The highest BCUT2D eigenvalue weighted by molar-refractivity contribution is 6.08. The van der Waals surface area contributed by atoms with E-state index in [-0.39, 0.29) is 18.3 Å². The third kappa shape index (κ3) is 3.07. The number of carbonyl (C=O) groups excluding carboxylic acids is 1. The molecule has 0 spiro atoms. The third-order valence-corrected chi connectivity index (χ3v) is 4.57. The molecule has 0 saturated carbocycles. The van der Waals surface area contributed by atoms with E-state index in [1.54, 1.807) is 12.1 Å². The molecule has 3 aromatic rings. The second-order valence-electron chi connectivity index (χ2n) is 6.26. The highest BCUT2D eigenvalue weighted by atomic mass is 19.1. The number of alkyl halides is 1. The van der Waals surface area contributed by atoms with Gasteiger partial charge in [-0.15, -0.1) is 0 Å². The molecule has 0 atom stereocenters. The standard InChI is InChI=1S/C19H18F2N4O2/c1-25-14-6-8-22-19(26)17(14)12-3-5-16(24-18(12)25)23-11-2-4-15(13(21)10-11)27-9-7-20/h2-5,10H,6-9H2,1H3,(H,22,26)(H,23,24). The monoisotopic (exact) mass is 372 g/mol. The Morgan fingerprint density at radius 2 is 2.19 bits per heavy atom. The lowest BCUT2D eigenvalue weighted by atomic mass is 10.1. The number of benzene rings is 1. The lowest BCUT2D eigenvalue weighted by molar-refractivity contribution is 0.0947. The summed E-state index contributed by atoms with van der Waals surface area (Å²) in [7, 11) is 1.88. The Balaban J connectivity index is 1.64. The second kappa shape index (κ2) is 6.86. The molecule has 1 aliphatic heterocycles. The minimum atomic E-state index is -0.679. The minimum Gasteiger partial charge on any atom is -0.488 e. The maximum atomic E-state index is 14.0. The number of hydrogen-bond acceptors (Lipinski definition) is 4. The zero-order valence-corrected chi connectivity index (χ0v) is 14.7. The van der Waals surface area contributed by atoms with Gasteiger partial charge >= 0.3 is 0 Å². The molecule has 0 fully saturated rings. The first-order chi connectivity index (χ1) is 13.1. The molecular formula is C19H18F2N4O2. The molecule has 0 bridgehead atoms. The number of carbonyl (C=O) groups is 1. The first kappa shape index (κ1) is 17.3. The predicted molar refractivity (Wildman–Crippen MR) is 97.9 cm³/mol. The number of anilines is 2. The normalized spacial score (nSPS) is 13.4. The molecule has 4 rings (SSSR count). The Kier molecular flexibility index (Phi) is 4.39. The van der Waals surface area contributed by atoms with Crippen molar-refractivity contribution in [2.75, 3.05) is 25.1 Å². The van der Waals surface area contributed by atoms with Crippen molar-refractivity contribution in [2.24, 2.45) is 7.05 Å². The van der Waals surface area contributed by atoms with Crippen LogP contribution in [-0.4, -0.2) is 35.3 Å². The van der Waals surface area contributed by atoms with Crippen LogP contribution in [-0.2, 0) is 13.5 Å². The molecule has 1 aliphatic rings. The molecule has 1 amide bonds. The molecule has 27 heavy (non-hydrogen) atoms. The molecule has 0 radical (unpaired) electrons.